The van der Waals surface area contributed by atoms with Crippen LogP contribution in [0.25, 0.3) is 21.5 Å². The summed E-state index contributed by atoms with van der Waals surface area (Å²) in [5, 5.41) is 9.85. The highest BCUT2D eigenvalue weighted by molar-refractivity contribution is 7.21. The lowest BCUT2D eigenvalue weighted by atomic mass is 9.83. The van der Waals surface area contributed by atoms with E-state index in [0.717, 1.165) is 44.8 Å². The van der Waals surface area contributed by atoms with Gasteiger partial charge < -0.3 is 24.2 Å². The minimum atomic E-state index is -0.835. The highest BCUT2D eigenvalue weighted by atomic mass is 32.1. The van der Waals surface area contributed by atoms with Gasteiger partial charge in [0.25, 0.3) is 0 Å². The molecule has 2 aliphatic heterocycles. The number of hydrogen-bond donors (Lipinski definition) is 1. The topological polar surface area (TPSA) is 78.2 Å². The monoisotopic (exact) mass is 592 g/mol. The lowest BCUT2D eigenvalue weighted by molar-refractivity contribution is 0.0147. The average molecular weight is 593 g/mol. The van der Waals surface area contributed by atoms with Crippen molar-refractivity contribution in [3.63, 3.8) is 0 Å². The molecule has 0 spiro atoms. The van der Waals surface area contributed by atoms with Crippen LogP contribution < -0.4 is 4.90 Å². The Kier molecular flexibility index (Phi) is 8.00. The van der Waals surface area contributed by atoms with E-state index in [1.807, 2.05) is 31.7 Å². The van der Waals surface area contributed by atoms with Gasteiger partial charge in [0.15, 0.2) is 0 Å². The molecule has 2 aromatic heterocycles. The van der Waals surface area contributed by atoms with Crippen LogP contribution in [0.15, 0.2) is 24.3 Å². The molecule has 0 atom stereocenters. The number of fused-ring (bicyclic) bond motifs is 5. The molecule has 3 aromatic rings. The summed E-state index contributed by atoms with van der Waals surface area (Å²) in [5.74, 6) is -0.363. The van der Waals surface area contributed by atoms with Crippen molar-refractivity contribution in [1.82, 2.24) is 14.4 Å². The zero-order chi connectivity index (χ0) is 29.6. The van der Waals surface area contributed by atoms with Gasteiger partial charge in [0, 0.05) is 63.6 Å². The third kappa shape index (κ3) is 5.78. The van der Waals surface area contributed by atoms with Crippen LogP contribution in [0.2, 0.25) is 0 Å². The number of carbonyl (C=O) groups excluding carboxylic acids is 1. The van der Waals surface area contributed by atoms with Gasteiger partial charge in [-0.1, -0.05) is 31.4 Å². The maximum atomic E-state index is 12.5. The Bertz CT molecular complexity index is 1470. The van der Waals surface area contributed by atoms with Crippen LogP contribution in [0.1, 0.15) is 79.6 Å². The van der Waals surface area contributed by atoms with E-state index in [1.54, 1.807) is 0 Å². The Hall–Kier alpha value is -3.04. The average Bonchev–Trinajstić information content (AvgIpc) is 3.46. The Morgan fingerprint density at radius 1 is 0.976 bits per heavy atom. The minimum Gasteiger partial charge on any atom is -0.477 e. The number of nitrogens with zero attached hydrogens (tertiary/aromatic N) is 4. The highest BCUT2D eigenvalue weighted by Crippen LogP contribution is 2.49. The normalized spacial score (nSPS) is 18.6. The van der Waals surface area contributed by atoms with Crippen LogP contribution >= 0.6 is 11.3 Å². The fourth-order valence-electron chi connectivity index (χ4n) is 6.97. The summed E-state index contributed by atoms with van der Waals surface area (Å²) in [6.45, 7) is 14.5. The van der Waals surface area contributed by atoms with E-state index in [-0.39, 0.29) is 6.09 Å². The van der Waals surface area contributed by atoms with Crippen molar-refractivity contribution < 1.29 is 19.4 Å². The van der Waals surface area contributed by atoms with E-state index >= 15 is 0 Å². The Balaban J connectivity index is 1.27. The molecule has 1 saturated carbocycles. The number of aryl methyl sites for hydroxylation is 1. The van der Waals surface area contributed by atoms with Crippen LogP contribution in [0.3, 0.4) is 0 Å². The maximum Gasteiger partial charge on any atom is 0.410 e. The molecule has 6 rings (SSSR count). The number of rotatable bonds is 5. The molecule has 9 heteroatoms. The van der Waals surface area contributed by atoms with Gasteiger partial charge in [0.05, 0.1) is 15.9 Å². The number of benzene rings is 1. The second-order valence-electron chi connectivity index (χ2n) is 13.2. The van der Waals surface area contributed by atoms with E-state index < -0.39 is 11.6 Å². The highest BCUT2D eigenvalue weighted by Gasteiger charge is 2.32. The van der Waals surface area contributed by atoms with E-state index in [4.69, 9.17) is 4.74 Å². The summed E-state index contributed by atoms with van der Waals surface area (Å²) >= 11 is 1.46. The molecular formula is C33H44N4O4S. The van der Waals surface area contributed by atoms with E-state index in [0.29, 0.717) is 23.9 Å². The van der Waals surface area contributed by atoms with Crippen LogP contribution in [-0.2, 0) is 11.3 Å². The predicted octanol–water partition coefficient (Wildman–Crippen LogP) is 6.80. The largest absolute Gasteiger partial charge is 0.477 e. The van der Waals surface area contributed by atoms with Crippen molar-refractivity contribution >= 4 is 39.3 Å². The summed E-state index contributed by atoms with van der Waals surface area (Å²) in [7, 11) is 0. The van der Waals surface area contributed by atoms with Gasteiger partial charge in [-0.2, -0.15) is 0 Å². The first-order chi connectivity index (χ1) is 20.1. The lowest BCUT2D eigenvalue weighted by Crippen LogP contribution is -2.51. The number of amides is 1. The number of ether oxygens (including phenoxy) is 1. The molecule has 4 heterocycles. The quantitative estimate of drug-likeness (QED) is 0.351. The number of piperazine rings is 1. The fourth-order valence-corrected chi connectivity index (χ4v) is 8.09. The summed E-state index contributed by atoms with van der Waals surface area (Å²) in [5.41, 5.74) is 7.09. The molecule has 42 heavy (non-hydrogen) atoms. The maximum absolute atomic E-state index is 12.5. The second kappa shape index (κ2) is 11.6. The first-order valence-corrected chi connectivity index (χ1v) is 16.4. The molecule has 3 aliphatic rings. The molecule has 8 nitrogen and oxygen atoms in total. The van der Waals surface area contributed by atoms with Gasteiger partial charge >= 0.3 is 12.1 Å². The molecule has 1 aliphatic carbocycles. The third-order valence-electron chi connectivity index (χ3n) is 9.05. The van der Waals surface area contributed by atoms with Gasteiger partial charge in [-0.05, 0) is 69.7 Å². The number of carbonyl (C=O) groups is 2. The number of carboxylic acid groups (broad SMARTS) is 1. The van der Waals surface area contributed by atoms with Gasteiger partial charge in [0.1, 0.15) is 10.5 Å². The zero-order valence-electron chi connectivity index (χ0n) is 25.4. The van der Waals surface area contributed by atoms with Crippen molar-refractivity contribution in [2.24, 2.45) is 0 Å². The Morgan fingerprint density at radius 3 is 2.40 bits per heavy atom. The number of hydrogen-bond acceptors (Lipinski definition) is 6. The number of carboxylic acids is 1. The van der Waals surface area contributed by atoms with Crippen LogP contribution in [0, 0.1) is 6.92 Å². The molecule has 0 bridgehead atoms. The van der Waals surface area contributed by atoms with Crippen molar-refractivity contribution in [3.05, 3.63) is 40.3 Å². The van der Waals surface area contributed by atoms with E-state index in [9.17, 15) is 14.7 Å². The minimum absolute atomic E-state index is 0.222. The number of thiophene rings is 1. The Labute approximate surface area is 252 Å². The summed E-state index contributed by atoms with van der Waals surface area (Å²) in [6, 6.07) is 8.76. The fraction of sp³-hybridized carbons (Fsp3) is 0.576. The van der Waals surface area contributed by atoms with E-state index in [1.165, 1.54) is 76.2 Å². The molecule has 0 radical (unpaired) electrons. The lowest BCUT2D eigenvalue weighted by Gasteiger charge is -2.36. The summed E-state index contributed by atoms with van der Waals surface area (Å²) in [6.07, 6.45) is 5.89. The third-order valence-corrected chi connectivity index (χ3v) is 10.2. The Morgan fingerprint density at radius 2 is 1.71 bits per heavy atom. The van der Waals surface area contributed by atoms with Crippen molar-refractivity contribution in [2.75, 3.05) is 50.7 Å². The molecule has 1 amide bonds. The number of aromatic nitrogens is 1. The molecule has 0 unspecified atom stereocenters. The van der Waals surface area contributed by atoms with Crippen LogP contribution in [0.5, 0.6) is 0 Å². The molecule has 226 valence electrons. The van der Waals surface area contributed by atoms with Crippen molar-refractivity contribution in [1.29, 1.82) is 0 Å². The molecule has 1 saturated heterocycles. The molecule has 1 aromatic carbocycles. The van der Waals surface area contributed by atoms with Crippen LogP contribution in [0.4, 0.5) is 10.5 Å². The molecular weight excluding hydrogens is 548 g/mol. The van der Waals surface area contributed by atoms with Gasteiger partial charge in [-0.15, -0.1) is 11.3 Å². The summed E-state index contributed by atoms with van der Waals surface area (Å²) < 4.78 is 9.18. The van der Waals surface area contributed by atoms with Crippen molar-refractivity contribution in [2.45, 2.75) is 77.9 Å². The number of aromatic carboxylic acids is 1. The van der Waals surface area contributed by atoms with Gasteiger partial charge in [-0.25, -0.2) is 9.59 Å². The predicted molar refractivity (Wildman–Crippen MR) is 169 cm³/mol. The standard InChI is InChI=1S/C33H44N4O4S/c1-22-10-11-24-25(20-22)35(15-12-34-13-16-36(17-14-34)32(40)41-33(2,3)4)18-19-37-26-21-27(31(38)39)42-30(26)28(29(24)37)23-8-6-5-7-9-23/h10-11,20-21,23H,5-9,12-19H2,1-4H3,(H,38,39). The molecule has 1 N–H and O–H groups in total. The first kappa shape index (κ1) is 29.1. The zero-order valence-corrected chi connectivity index (χ0v) is 26.3. The van der Waals surface area contributed by atoms with E-state index in [2.05, 4.69) is 39.5 Å². The SMILES string of the molecule is Cc1ccc2c(c1)N(CCN1CCN(C(=O)OC(C)(C)C)CC1)CCn1c-2c(C2CCCCC2)c2sc(C(=O)O)cc21. The van der Waals surface area contributed by atoms with Gasteiger partial charge in [0.2, 0.25) is 0 Å². The van der Waals surface area contributed by atoms with Crippen molar-refractivity contribution in [3.8, 4) is 11.3 Å². The second-order valence-corrected chi connectivity index (χ2v) is 14.2. The first-order valence-electron chi connectivity index (χ1n) is 15.5. The number of anilines is 1. The van der Waals surface area contributed by atoms with Crippen LogP contribution in [-0.4, -0.2) is 83.0 Å². The molecule has 2 fully saturated rings. The summed E-state index contributed by atoms with van der Waals surface area (Å²) in [4.78, 5) is 31.8. The van der Waals surface area contributed by atoms with Gasteiger partial charge in [-0.3, -0.25) is 4.90 Å². The smallest absolute Gasteiger partial charge is 0.410 e.